The SMILES string of the molecule is Cc1cccc(C(C)C(C)(F)F)c1. The molecule has 0 radical (unpaired) electrons. The maximum atomic E-state index is 12.9. The Bertz CT molecular complexity index is 286. The van der Waals surface area contributed by atoms with Crippen LogP contribution in [-0.2, 0) is 0 Å². The smallest absolute Gasteiger partial charge is 0.207 e. The molecule has 0 nitrogen and oxygen atoms in total. The van der Waals surface area contributed by atoms with Gasteiger partial charge in [0.1, 0.15) is 0 Å². The normalized spacial score (nSPS) is 14.2. The summed E-state index contributed by atoms with van der Waals surface area (Å²) in [6.07, 6.45) is 0. The summed E-state index contributed by atoms with van der Waals surface area (Å²) < 4.78 is 25.9. The average molecular weight is 184 g/mol. The summed E-state index contributed by atoms with van der Waals surface area (Å²) in [5.74, 6) is -3.36. The molecule has 0 aliphatic carbocycles. The Morgan fingerprint density at radius 3 is 2.38 bits per heavy atom. The molecule has 0 heterocycles. The fourth-order valence-electron chi connectivity index (χ4n) is 1.23. The van der Waals surface area contributed by atoms with Crippen LogP contribution in [0.4, 0.5) is 8.78 Å². The lowest BCUT2D eigenvalue weighted by Crippen LogP contribution is -2.19. The molecule has 1 unspecified atom stereocenters. The van der Waals surface area contributed by atoms with Gasteiger partial charge in [0.05, 0.1) is 0 Å². The first-order chi connectivity index (χ1) is 5.91. The van der Waals surface area contributed by atoms with Crippen molar-refractivity contribution in [2.75, 3.05) is 0 Å². The molecule has 2 heteroatoms. The van der Waals surface area contributed by atoms with Crippen molar-refractivity contribution in [2.45, 2.75) is 32.6 Å². The first kappa shape index (κ1) is 10.2. The van der Waals surface area contributed by atoms with Crippen LogP contribution in [-0.4, -0.2) is 5.92 Å². The molecule has 0 fully saturated rings. The highest BCUT2D eigenvalue weighted by atomic mass is 19.3. The Hall–Kier alpha value is -0.920. The number of hydrogen-bond donors (Lipinski definition) is 0. The predicted molar refractivity (Wildman–Crippen MR) is 50.2 cm³/mol. The second-order valence-electron chi connectivity index (χ2n) is 3.59. The maximum absolute atomic E-state index is 12.9. The Balaban J connectivity index is 2.96. The van der Waals surface area contributed by atoms with Crippen molar-refractivity contribution in [2.24, 2.45) is 0 Å². The summed E-state index contributed by atoms with van der Waals surface area (Å²) in [4.78, 5) is 0. The van der Waals surface area contributed by atoms with Crippen LogP contribution in [0.25, 0.3) is 0 Å². The predicted octanol–water partition coefficient (Wildman–Crippen LogP) is 3.75. The minimum absolute atomic E-state index is 0.701. The molecule has 0 saturated heterocycles. The van der Waals surface area contributed by atoms with E-state index in [0.717, 1.165) is 12.5 Å². The highest BCUT2D eigenvalue weighted by molar-refractivity contribution is 5.26. The number of rotatable bonds is 2. The zero-order valence-electron chi connectivity index (χ0n) is 8.14. The molecule has 1 atom stereocenters. The van der Waals surface area contributed by atoms with Crippen LogP contribution in [0.5, 0.6) is 0 Å². The van der Waals surface area contributed by atoms with E-state index >= 15 is 0 Å². The maximum Gasteiger partial charge on any atom is 0.251 e. The summed E-state index contributed by atoms with van der Waals surface area (Å²) in [6.45, 7) is 4.42. The molecule has 0 bridgehead atoms. The monoisotopic (exact) mass is 184 g/mol. The van der Waals surface area contributed by atoms with E-state index in [4.69, 9.17) is 0 Å². The number of aryl methyl sites for hydroxylation is 1. The Morgan fingerprint density at radius 1 is 1.31 bits per heavy atom. The lowest BCUT2D eigenvalue weighted by molar-refractivity contribution is -0.00222. The van der Waals surface area contributed by atoms with Crippen LogP contribution in [0.15, 0.2) is 24.3 Å². The van der Waals surface area contributed by atoms with Gasteiger partial charge < -0.3 is 0 Å². The van der Waals surface area contributed by atoms with Crippen LogP contribution in [0.3, 0.4) is 0 Å². The first-order valence-corrected chi connectivity index (χ1v) is 4.35. The molecule has 0 spiro atoms. The molecule has 0 aliphatic rings. The van der Waals surface area contributed by atoms with Gasteiger partial charge in [-0.3, -0.25) is 0 Å². The van der Waals surface area contributed by atoms with E-state index < -0.39 is 11.8 Å². The summed E-state index contributed by atoms with van der Waals surface area (Å²) in [7, 11) is 0. The second-order valence-corrected chi connectivity index (χ2v) is 3.59. The van der Waals surface area contributed by atoms with Gasteiger partial charge in [-0.2, -0.15) is 0 Å². The van der Waals surface area contributed by atoms with E-state index in [1.807, 2.05) is 25.1 Å². The molecular weight excluding hydrogens is 170 g/mol. The fraction of sp³-hybridized carbons (Fsp3) is 0.455. The molecule has 13 heavy (non-hydrogen) atoms. The van der Waals surface area contributed by atoms with Gasteiger partial charge in [-0.25, -0.2) is 8.78 Å². The molecule has 1 aromatic rings. The van der Waals surface area contributed by atoms with Gasteiger partial charge in [-0.1, -0.05) is 36.8 Å². The van der Waals surface area contributed by atoms with Gasteiger partial charge in [0.25, 0.3) is 5.92 Å². The first-order valence-electron chi connectivity index (χ1n) is 4.35. The molecule has 1 aromatic carbocycles. The number of benzene rings is 1. The molecule has 0 saturated carbocycles. The van der Waals surface area contributed by atoms with E-state index in [-0.39, 0.29) is 0 Å². The van der Waals surface area contributed by atoms with Gasteiger partial charge in [0, 0.05) is 5.92 Å². The minimum atomic E-state index is -2.65. The molecule has 72 valence electrons. The topological polar surface area (TPSA) is 0 Å². The van der Waals surface area contributed by atoms with Crippen molar-refractivity contribution in [3.63, 3.8) is 0 Å². The van der Waals surface area contributed by atoms with Gasteiger partial charge in [0.2, 0.25) is 0 Å². The van der Waals surface area contributed by atoms with Gasteiger partial charge in [0.15, 0.2) is 0 Å². The van der Waals surface area contributed by atoms with Crippen LogP contribution in [0, 0.1) is 6.92 Å². The van der Waals surface area contributed by atoms with Crippen molar-refractivity contribution in [1.82, 2.24) is 0 Å². The zero-order chi connectivity index (χ0) is 10.1. The second kappa shape index (κ2) is 3.44. The molecule has 0 amide bonds. The van der Waals surface area contributed by atoms with Crippen LogP contribution in [0.1, 0.15) is 30.9 Å². The Kier molecular flexibility index (Phi) is 2.69. The van der Waals surface area contributed by atoms with E-state index in [9.17, 15) is 8.78 Å². The third kappa shape index (κ3) is 2.51. The summed E-state index contributed by atoms with van der Waals surface area (Å²) in [5.41, 5.74) is 1.72. The number of halogens is 2. The third-order valence-corrected chi connectivity index (χ3v) is 2.30. The molecule has 0 aromatic heterocycles. The minimum Gasteiger partial charge on any atom is -0.207 e. The van der Waals surface area contributed by atoms with Gasteiger partial charge >= 0.3 is 0 Å². The van der Waals surface area contributed by atoms with Crippen LogP contribution < -0.4 is 0 Å². The molecule has 1 rings (SSSR count). The van der Waals surface area contributed by atoms with Crippen molar-refractivity contribution >= 4 is 0 Å². The largest absolute Gasteiger partial charge is 0.251 e. The lowest BCUT2D eigenvalue weighted by Gasteiger charge is -2.19. The summed E-state index contributed by atoms with van der Waals surface area (Å²) in [5, 5.41) is 0. The van der Waals surface area contributed by atoms with E-state index in [1.165, 1.54) is 0 Å². The van der Waals surface area contributed by atoms with E-state index in [0.29, 0.717) is 5.56 Å². The van der Waals surface area contributed by atoms with Crippen LogP contribution >= 0.6 is 0 Å². The Morgan fingerprint density at radius 2 is 1.92 bits per heavy atom. The molecule has 0 N–H and O–H groups in total. The highest BCUT2D eigenvalue weighted by Crippen LogP contribution is 2.32. The van der Waals surface area contributed by atoms with Crippen LogP contribution in [0.2, 0.25) is 0 Å². The number of alkyl halides is 2. The summed E-state index contributed by atoms with van der Waals surface area (Å²) >= 11 is 0. The number of hydrogen-bond acceptors (Lipinski definition) is 0. The fourth-order valence-corrected chi connectivity index (χ4v) is 1.23. The molecular formula is C11H14F2. The Labute approximate surface area is 77.6 Å². The third-order valence-electron chi connectivity index (χ3n) is 2.30. The van der Waals surface area contributed by atoms with Crippen molar-refractivity contribution in [3.05, 3.63) is 35.4 Å². The molecule has 0 aliphatic heterocycles. The van der Waals surface area contributed by atoms with Gasteiger partial charge in [-0.05, 0) is 19.4 Å². The quantitative estimate of drug-likeness (QED) is 0.656. The average Bonchev–Trinajstić information content (AvgIpc) is 2.01. The van der Waals surface area contributed by atoms with Crippen molar-refractivity contribution in [3.8, 4) is 0 Å². The standard InChI is InChI=1S/C11H14F2/c1-8-5-4-6-10(7-8)9(2)11(3,12)13/h4-7,9H,1-3H3. The lowest BCUT2D eigenvalue weighted by atomic mass is 9.94. The van der Waals surface area contributed by atoms with Crippen molar-refractivity contribution in [1.29, 1.82) is 0 Å². The van der Waals surface area contributed by atoms with E-state index in [1.54, 1.807) is 13.0 Å². The summed E-state index contributed by atoms with van der Waals surface area (Å²) in [6, 6.07) is 7.27. The zero-order valence-corrected chi connectivity index (χ0v) is 8.14. The van der Waals surface area contributed by atoms with E-state index in [2.05, 4.69) is 0 Å². The van der Waals surface area contributed by atoms with Crippen molar-refractivity contribution < 1.29 is 8.78 Å². The highest BCUT2D eigenvalue weighted by Gasteiger charge is 2.31. The van der Waals surface area contributed by atoms with Gasteiger partial charge in [-0.15, -0.1) is 0 Å².